The molecule has 120 valence electrons. The van der Waals surface area contributed by atoms with Crippen LogP contribution in [-0.2, 0) is 9.05 Å². The molecule has 3 nitrogen and oxygen atoms in total. The van der Waals surface area contributed by atoms with Crippen LogP contribution in [0.1, 0.15) is 58.3 Å². The molecule has 1 rings (SSSR count). The quantitative estimate of drug-likeness (QED) is 0.416. The smallest absolute Gasteiger partial charge is 0.261 e. The van der Waals surface area contributed by atoms with Crippen LogP contribution in [0.5, 0.6) is 5.75 Å². The maximum atomic E-state index is 11.1. The van der Waals surface area contributed by atoms with Crippen LogP contribution in [0.2, 0.25) is 0 Å². The van der Waals surface area contributed by atoms with E-state index in [1.807, 2.05) is 0 Å². The van der Waals surface area contributed by atoms with Crippen molar-refractivity contribution in [2.45, 2.75) is 63.2 Å². The molecule has 0 saturated heterocycles. The lowest BCUT2D eigenvalue weighted by Gasteiger charge is -2.06. The van der Waals surface area contributed by atoms with Gasteiger partial charge in [-0.15, -0.1) is 0 Å². The van der Waals surface area contributed by atoms with Gasteiger partial charge in [-0.05, 0) is 30.7 Å². The van der Waals surface area contributed by atoms with Crippen LogP contribution in [0, 0.1) is 0 Å². The molecule has 0 aliphatic rings. The summed E-state index contributed by atoms with van der Waals surface area (Å²) in [6, 6.07) is 6.21. The number of ether oxygens (including phenoxy) is 1. The maximum absolute atomic E-state index is 11.1. The zero-order chi connectivity index (χ0) is 15.6. The molecule has 0 aliphatic heterocycles. The minimum absolute atomic E-state index is 0.101. The summed E-state index contributed by atoms with van der Waals surface area (Å²) in [5, 5.41) is 0. The van der Waals surface area contributed by atoms with Gasteiger partial charge in [-0.25, -0.2) is 8.42 Å². The van der Waals surface area contributed by atoms with Gasteiger partial charge in [-0.3, -0.25) is 0 Å². The molecular formula is C16H25ClO3S. The van der Waals surface area contributed by atoms with Gasteiger partial charge in [0, 0.05) is 10.7 Å². The molecule has 1 aromatic carbocycles. The predicted octanol–water partition coefficient (Wildman–Crippen LogP) is 5.13. The molecule has 0 fully saturated rings. The van der Waals surface area contributed by atoms with Crippen molar-refractivity contribution >= 4 is 19.7 Å². The van der Waals surface area contributed by atoms with Crippen molar-refractivity contribution in [3.05, 3.63) is 24.3 Å². The topological polar surface area (TPSA) is 43.4 Å². The van der Waals surface area contributed by atoms with Crippen molar-refractivity contribution < 1.29 is 13.2 Å². The number of unbranched alkanes of at least 4 members (excludes halogenated alkanes) is 7. The monoisotopic (exact) mass is 332 g/mol. The standard InChI is InChI=1S/C16H25ClO3S/c1-2-3-4-5-6-7-8-9-14-20-15-10-12-16(13-11-15)21(17,18)19/h10-13H,2-9,14H2,1H3. The molecule has 0 heterocycles. The molecule has 0 atom stereocenters. The van der Waals surface area contributed by atoms with E-state index in [2.05, 4.69) is 6.92 Å². The lowest BCUT2D eigenvalue weighted by Crippen LogP contribution is -1.98. The van der Waals surface area contributed by atoms with E-state index in [4.69, 9.17) is 15.4 Å². The van der Waals surface area contributed by atoms with E-state index in [0.717, 1.165) is 6.42 Å². The molecule has 0 unspecified atom stereocenters. The molecule has 0 amide bonds. The number of hydrogen-bond donors (Lipinski definition) is 0. The first kappa shape index (κ1) is 18.3. The minimum atomic E-state index is -3.65. The molecule has 0 saturated carbocycles. The van der Waals surface area contributed by atoms with Gasteiger partial charge in [0.05, 0.1) is 11.5 Å². The molecule has 0 N–H and O–H groups in total. The third kappa shape index (κ3) is 8.32. The van der Waals surface area contributed by atoms with Crippen LogP contribution >= 0.6 is 10.7 Å². The van der Waals surface area contributed by atoms with Crippen molar-refractivity contribution in [1.29, 1.82) is 0 Å². The summed E-state index contributed by atoms with van der Waals surface area (Å²) < 4.78 is 27.8. The second-order valence-corrected chi connectivity index (χ2v) is 7.80. The number of hydrogen-bond acceptors (Lipinski definition) is 3. The first-order chi connectivity index (χ1) is 10.0. The van der Waals surface area contributed by atoms with E-state index >= 15 is 0 Å². The van der Waals surface area contributed by atoms with Crippen LogP contribution in [0.15, 0.2) is 29.2 Å². The molecule has 0 bridgehead atoms. The van der Waals surface area contributed by atoms with E-state index in [0.29, 0.717) is 12.4 Å². The second-order valence-electron chi connectivity index (χ2n) is 5.23. The maximum Gasteiger partial charge on any atom is 0.261 e. The highest BCUT2D eigenvalue weighted by Crippen LogP contribution is 2.19. The Morgan fingerprint density at radius 1 is 0.905 bits per heavy atom. The number of rotatable bonds is 11. The second kappa shape index (κ2) is 10.1. The number of benzene rings is 1. The van der Waals surface area contributed by atoms with Gasteiger partial charge < -0.3 is 4.74 Å². The zero-order valence-electron chi connectivity index (χ0n) is 12.7. The first-order valence-corrected chi connectivity index (χ1v) is 10.0. The van der Waals surface area contributed by atoms with E-state index in [-0.39, 0.29) is 4.90 Å². The summed E-state index contributed by atoms with van der Waals surface area (Å²) in [4.78, 5) is 0.101. The average molecular weight is 333 g/mol. The summed E-state index contributed by atoms with van der Waals surface area (Å²) >= 11 is 0. The van der Waals surface area contributed by atoms with E-state index < -0.39 is 9.05 Å². The van der Waals surface area contributed by atoms with Crippen molar-refractivity contribution in [3.8, 4) is 5.75 Å². The Bertz CT molecular complexity index is 483. The zero-order valence-corrected chi connectivity index (χ0v) is 14.3. The molecule has 1 aromatic rings. The Morgan fingerprint density at radius 2 is 1.43 bits per heavy atom. The summed E-state index contributed by atoms with van der Waals surface area (Å²) in [6.07, 6.45) is 10.1. The molecule has 5 heteroatoms. The highest BCUT2D eigenvalue weighted by atomic mass is 35.7. The average Bonchev–Trinajstić information content (AvgIpc) is 2.45. The van der Waals surface area contributed by atoms with Crippen molar-refractivity contribution in [2.75, 3.05) is 6.61 Å². The Balaban J connectivity index is 2.10. The Labute approximate surface area is 133 Å². The third-order valence-corrected chi connectivity index (χ3v) is 4.74. The molecule has 21 heavy (non-hydrogen) atoms. The fourth-order valence-corrected chi connectivity index (χ4v) is 2.89. The molecule has 0 aliphatic carbocycles. The van der Waals surface area contributed by atoms with Gasteiger partial charge in [0.25, 0.3) is 9.05 Å². The Kier molecular flexibility index (Phi) is 8.77. The lowest BCUT2D eigenvalue weighted by molar-refractivity contribution is 0.304. The molecule has 0 spiro atoms. The summed E-state index contributed by atoms with van der Waals surface area (Å²) in [5.41, 5.74) is 0. The summed E-state index contributed by atoms with van der Waals surface area (Å²) in [5.74, 6) is 0.682. The number of halogens is 1. The van der Waals surface area contributed by atoms with Gasteiger partial charge in [-0.1, -0.05) is 51.9 Å². The van der Waals surface area contributed by atoms with Crippen LogP contribution in [0.25, 0.3) is 0 Å². The molecular weight excluding hydrogens is 308 g/mol. The van der Waals surface area contributed by atoms with Gasteiger partial charge in [-0.2, -0.15) is 0 Å². The van der Waals surface area contributed by atoms with Crippen molar-refractivity contribution in [3.63, 3.8) is 0 Å². The fraction of sp³-hybridized carbons (Fsp3) is 0.625. The normalized spacial score (nSPS) is 11.5. The van der Waals surface area contributed by atoms with Crippen LogP contribution in [-0.4, -0.2) is 15.0 Å². The largest absolute Gasteiger partial charge is 0.494 e. The van der Waals surface area contributed by atoms with Crippen LogP contribution in [0.4, 0.5) is 0 Å². The summed E-state index contributed by atoms with van der Waals surface area (Å²) in [7, 11) is 1.60. The van der Waals surface area contributed by atoms with Crippen molar-refractivity contribution in [1.82, 2.24) is 0 Å². The van der Waals surface area contributed by atoms with Gasteiger partial charge in [0.2, 0.25) is 0 Å². The molecule has 0 radical (unpaired) electrons. The van der Waals surface area contributed by atoms with Crippen LogP contribution < -0.4 is 4.74 Å². The van der Waals surface area contributed by atoms with Gasteiger partial charge in [0.1, 0.15) is 5.75 Å². The van der Waals surface area contributed by atoms with Gasteiger partial charge in [0.15, 0.2) is 0 Å². The van der Waals surface area contributed by atoms with E-state index in [1.165, 1.54) is 57.1 Å². The van der Waals surface area contributed by atoms with E-state index in [9.17, 15) is 8.42 Å². The van der Waals surface area contributed by atoms with Gasteiger partial charge >= 0.3 is 0 Å². The SMILES string of the molecule is CCCCCCCCCCOc1ccc(S(=O)(=O)Cl)cc1. The molecule has 0 aromatic heterocycles. The lowest BCUT2D eigenvalue weighted by atomic mass is 10.1. The highest BCUT2D eigenvalue weighted by molar-refractivity contribution is 8.13. The fourth-order valence-electron chi connectivity index (χ4n) is 2.12. The summed E-state index contributed by atoms with van der Waals surface area (Å²) in [6.45, 7) is 2.90. The van der Waals surface area contributed by atoms with Crippen molar-refractivity contribution in [2.24, 2.45) is 0 Å². The first-order valence-electron chi connectivity index (χ1n) is 7.71. The highest BCUT2D eigenvalue weighted by Gasteiger charge is 2.08. The Hall–Kier alpha value is -0.740. The van der Waals surface area contributed by atoms with Crippen LogP contribution in [0.3, 0.4) is 0 Å². The van der Waals surface area contributed by atoms with E-state index in [1.54, 1.807) is 12.1 Å². The third-order valence-electron chi connectivity index (χ3n) is 3.37. The minimum Gasteiger partial charge on any atom is -0.494 e. The predicted molar refractivity (Wildman–Crippen MR) is 87.6 cm³/mol. The Morgan fingerprint density at radius 3 is 1.95 bits per heavy atom.